The van der Waals surface area contributed by atoms with Gasteiger partial charge in [-0.1, -0.05) is 11.5 Å². The molecule has 2 aromatic rings. The van der Waals surface area contributed by atoms with Crippen molar-refractivity contribution in [1.29, 1.82) is 0 Å². The van der Waals surface area contributed by atoms with E-state index in [4.69, 9.17) is 0 Å². The van der Waals surface area contributed by atoms with Crippen molar-refractivity contribution in [2.75, 3.05) is 0 Å². The summed E-state index contributed by atoms with van der Waals surface area (Å²) in [7, 11) is 0. The maximum absolute atomic E-state index is 11.3. The standard InChI is InChI=1S/C9H5N2O4.2Rb/c12-8-3-5-1-2-6(11(14)15)4-7(5)9(13)10-8;;/h1-4H,(H,10,12,13);;/q-1;2*+1. The van der Waals surface area contributed by atoms with Crippen molar-refractivity contribution in [3.8, 4) is 0 Å². The minimum absolute atomic E-state index is 0. The molecule has 0 bridgehead atoms. The van der Waals surface area contributed by atoms with Gasteiger partial charge in [0.1, 0.15) is 0 Å². The van der Waals surface area contributed by atoms with Gasteiger partial charge in [-0.2, -0.15) is 11.5 Å². The van der Waals surface area contributed by atoms with Gasteiger partial charge in [0.15, 0.2) is 5.56 Å². The number of benzene rings is 1. The summed E-state index contributed by atoms with van der Waals surface area (Å²) in [4.78, 5) is 34.1. The molecule has 17 heavy (non-hydrogen) atoms. The van der Waals surface area contributed by atoms with E-state index in [1.807, 2.05) is 4.98 Å². The third-order valence-corrected chi connectivity index (χ3v) is 2.02. The number of hydrogen-bond acceptors (Lipinski definition) is 4. The van der Waals surface area contributed by atoms with Gasteiger partial charge in [0.25, 0.3) is 0 Å². The Kier molecular flexibility index (Phi) is 8.30. The van der Waals surface area contributed by atoms with Crippen LogP contribution in [0.5, 0.6) is 0 Å². The van der Waals surface area contributed by atoms with E-state index in [9.17, 15) is 19.7 Å². The largest absolute Gasteiger partial charge is 1.00 e. The number of non-ortho nitro benzene ring substituents is 1. The fraction of sp³-hybridized carbons (Fsp3) is 0. The fourth-order valence-electron chi connectivity index (χ4n) is 1.34. The Bertz CT molecular complexity index is 662. The van der Waals surface area contributed by atoms with Gasteiger partial charge in [-0.3, -0.25) is 19.7 Å². The van der Waals surface area contributed by atoms with Crippen LogP contribution in [0, 0.1) is 10.1 Å². The van der Waals surface area contributed by atoms with E-state index in [2.05, 4.69) is 0 Å². The molecule has 0 aliphatic heterocycles. The number of nitrogens with one attached hydrogen (secondary N) is 1. The second-order valence-electron chi connectivity index (χ2n) is 2.99. The number of fused-ring (bicyclic) bond motifs is 1. The van der Waals surface area contributed by atoms with Crippen molar-refractivity contribution < 1.29 is 121 Å². The van der Waals surface area contributed by atoms with Crippen molar-refractivity contribution in [2.24, 2.45) is 0 Å². The average molecular weight is 376 g/mol. The normalized spacial score (nSPS) is 9.18. The number of H-pyrrole nitrogens is 1. The van der Waals surface area contributed by atoms with Crippen LogP contribution < -0.4 is 127 Å². The maximum Gasteiger partial charge on any atom is 1.00 e. The van der Waals surface area contributed by atoms with Crippen molar-refractivity contribution in [2.45, 2.75) is 0 Å². The zero-order valence-electron chi connectivity index (χ0n) is 9.39. The number of aromatic nitrogens is 1. The summed E-state index contributed by atoms with van der Waals surface area (Å²) in [6.45, 7) is 0. The summed E-state index contributed by atoms with van der Waals surface area (Å²) >= 11 is 0. The Hall–Kier alpha value is 1.24. The quantitative estimate of drug-likeness (QED) is 0.306. The SMILES string of the molecule is O=c1[cH-]c2ccc([N+](=O)[O-])cc2c(=O)[nH]1.[Rb+].[Rb+]. The van der Waals surface area contributed by atoms with Crippen molar-refractivity contribution in [1.82, 2.24) is 4.98 Å². The van der Waals surface area contributed by atoms with E-state index in [1.165, 1.54) is 18.2 Å². The molecule has 0 fully saturated rings. The topological polar surface area (TPSA) is 93.1 Å². The number of hydrogen-bond donors (Lipinski definition) is 1. The number of nitro benzene ring substituents is 1. The molecule has 0 radical (unpaired) electrons. The number of pyridine rings is 1. The van der Waals surface area contributed by atoms with Crippen LogP contribution in [0.3, 0.4) is 0 Å². The van der Waals surface area contributed by atoms with E-state index in [0.29, 0.717) is 5.39 Å². The Morgan fingerprint density at radius 3 is 2.47 bits per heavy atom. The van der Waals surface area contributed by atoms with Gasteiger partial charge in [0.05, 0.1) is 4.92 Å². The molecule has 2 rings (SSSR count). The van der Waals surface area contributed by atoms with Crippen LogP contribution in [0.15, 0.2) is 33.9 Å². The zero-order valence-corrected chi connectivity index (χ0v) is 19.2. The first-order valence-electron chi connectivity index (χ1n) is 4.06. The molecule has 0 aliphatic rings. The van der Waals surface area contributed by atoms with Gasteiger partial charge < -0.3 is 4.98 Å². The second kappa shape index (κ2) is 7.74. The van der Waals surface area contributed by atoms with Gasteiger partial charge in [-0.25, -0.2) is 0 Å². The van der Waals surface area contributed by atoms with E-state index >= 15 is 0 Å². The predicted octanol–water partition coefficient (Wildman–Crippen LogP) is -5.48. The van der Waals surface area contributed by atoms with Crippen LogP contribution in [0.25, 0.3) is 10.8 Å². The first kappa shape index (κ1) is 18.2. The third-order valence-electron chi connectivity index (χ3n) is 2.02. The minimum atomic E-state index is -0.610. The van der Waals surface area contributed by atoms with Crippen molar-refractivity contribution in [3.63, 3.8) is 0 Å². The fourth-order valence-corrected chi connectivity index (χ4v) is 1.34. The first-order valence-corrected chi connectivity index (χ1v) is 4.06. The van der Waals surface area contributed by atoms with Gasteiger partial charge >= 0.3 is 116 Å². The van der Waals surface area contributed by atoms with Crippen LogP contribution in [0.4, 0.5) is 5.69 Å². The maximum atomic E-state index is 11.3. The van der Waals surface area contributed by atoms with Crippen LogP contribution in [0.2, 0.25) is 0 Å². The molecular formula is C9H5N2O4Rb2+. The molecule has 1 aromatic heterocycles. The summed E-state index contributed by atoms with van der Waals surface area (Å²) < 4.78 is 0. The number of rotatable bonds is 1. The molecule has 6 nitrogen and oxygen atoms in total. The predicted molar refractivity (Wildman–Crippen MR) is 53.1 cm³/mol. The van der Waals surface area contributed by atoms with Gasteiger partial charge in [0, 0.05) is 0 Å². The Morgan fingerprint density at radius 1 is 1.24 bits per heavy atom. The van der Waals surface area contributed by atoms with Gasteiger partial charge in [0.2, 0.25) is 11.2 Å². The molecule has 0 spiro atoms. The second-order valence-corrected chi connectivity index (χ2v) is 2.99. The molecule has 0 amide bonds. The minimum Gasteiger partial charge on any atom is -0.310 e. The van der Waals surface area contributed by atoms with E-state index in [-0.39, 0.29) is 127 Å². The number of nitrogens with zero attached hydrogens (tertiary/aromatic N) is 1. The first-order chi connectivity index (χ1) is 7.08. The summed E-state index contributed by atoms with van der Waals surface area (Å²) in [5.74, 6) is 0. The zero-order chi connectivity index (χ0) is 11.0. The molecule has 76 valence electrons. The van der Waals surface area contributed by atoms with E-state index < -0.39 is 16.0 Å². The Labute approximate surface area is 193 Å². The molecule has 0 atom stereocenters. The molecule has 8 heteroatoms. The van der Waals surface area contributed by atoms with E-state index in [0.717, 1.165) is 6.07 Å². The van der Waals surface area contributed by atoms with Gasteiger partial charge in [-0.05, 0) is 12.1 Å². The smallest absolute Gasteiger partial charge is 0.310 e. The molecule has 1 N–H and O–H groups in total. The summed E-state index contributed by atoms with van der Waals surface area (Å²) in [6, 6.07) is 5.00. The molecular weight excluding hydrogens is 371 g/mol. The van der Waals surface area contributed by atoms with Crippen LogP contribution in [-0.2, 0) is 0 Å². The van der Waals surface area contributed by atoms with Crippen LogP contribution >= 0.6 is 0 Å². The number of aromatic amines is 1. The molecule has 1 heterocycles. The van der Waals surface area contributed by atoms with Crippen molar-refractivity contribution in [3.05, 3.63) is 55.1 Å². The number of nitro groups is 1. The molecule has 0 unspecified atom stereocenters. The molecule has 0 aliphatic carbocycles. The molecule has 0 saturated heterocycles. The van der Waals surface area contributed by atoms with E-state index in [1.54, 1.807) is 0 Å². The van der Waals surface area contributed by atoms with Gasteiger partial charge in [-0.15, -0.1) is 0 Å². The summed E-state index contributed by atoms with van der Waals surface area (Å²) in [6.07, 6.45) is 0. The summed E-state index contributed by atoms with van der Waals surface area (Å²) in [5.41, 5.74) is -1.30. The Balaban J connectivity index is 0.00000128. The molecule has 0 saturated carbocycles. The third kappa shape index (κ3) is 4.38. The van der Waals surface area contributed by atoms with Crippen molar-refractivity contribution >= 4 is 16.5 Å². The monoisotopic (exact) mass is 375 g/mol. The summed E-state index contributed by atoms with van der Waals surface area (Å²) in [5, 5.41) is 11.0. The molecule has 1 aromatic carbocycles. The average Bonchev–Trinajstić information content (AvgIpc) is 2.16. The Morgan fingerprint density at radius 2 is 1.88 bits per heavy atom. The van der Waals surface area contributed by atoms with Crippen LogP contribution in [0.1, 0.15) is 0 Å². The van der Waals surface area contributed by atoms with Crippen LogP contribution in [-0.4, -0.2) is 9.91 Å².